The van der Waals surface area contributed by atoms with Crippen molar-refractivity contribution in [3.63, 3.8) is 0 Å². The predicted molar refractivity (Wildman–Crippen MR) is 135 cm³/mol. The molecule has 3 aromatic carbocycles. The van der Waals surface area contributed by atoms with E-state index >= 15 is 0 Å². The minimum absolute atomic E-state index is 0.0498. The molecule has 0 bridgehead atoms. The number of carbonyl (C=O) groups is 1. The Balaban J connectivity index is 1.32. The Hall–Kier alpha value is -4.18. The van der Waals surface area contributed by atoms with Gasteiger partial charge in [-0.15, -0.1) is 0 Å². The molecule has 0 aliphatic carbocycles. The lowest BCUT2D eigenvalue weighted by Crippen LogP contribution is -2.14. The van der Waals surface area contributed by atoms with Crippen molar-refractivity contribution in [2.24, 2.45) is 0 Å². The summed E-state index contributed by atoms with van der Waals surface area (Å²) in [4.78, 5) is 21.3. The highest BCUT2D eigenvalue weighted by Crippen LogP contribution is 2.37. The topological polar surface area (TPSA) is 82.6 Å². The van der Waals surface area contributed by atoms with Crippen LogP contribution < -0.4 is 14.8 Å². The SMILES string of the molecule is COc1cc2ncnc(-c3ccc(NC(=O)Cc4ccc(C(F)(F)F)cc4)cc3)c2cc1O[C@H]1CCCO1. The van der Waals surface area contributed by atoms with E-state index in [9.17, 15) is 18.0 Å². The van der Waals surface area contributed by atoms with Gasteiger partial charge in [0.2, 0.25) is 5.91 Å². The highest BCUT2D eigenvalue weighted by atomic mass is 19.4. The first-order chi connectivity index (χ1) is 18.3. The lowest BCUT2D eigenvalue weighted by molar-refractivity contribution is -0.137. The van der Waals surface area contributed by atoms with Crippen LogP contribution in [0.3, 0.4) is 0 Å². The zero-order chi connectivity index (χ0) is 26.7. The Kier molecular flexibility index (Phi) is 7.15. The molecule has 1 aliphatic heterocycles. The van der Waals surface area contributed by atoms with Crippen molar-refractivity contribution in [1.29, 1.82) is 0 Å². The number of ether oxygens (including phenoxy) is 3. The molecule has 1 N–H and O–H groups in total. The molecule has 1 aliphatic rings. The highest BCUT2D eigenvalue weighted by molar-refractivity contribution is 5.95. The van der Waals surface area contributed by atoms with Crippen molar-refractivity contribution >= 4 is 22.5 Å². The highest BCUT2D eigenvalue weighted by Gasteiger charge is 2.30. The van der Waals surface area contributed by atoms with Crippen molar-refractivity contribution in [1.82, 2.24) is 9.97 Å². The fourth-order valence-corrected chi connectivity index (χ4v) is 4.24. The first-order valence-electron chi connectivity index (χ1n) is 12.0. The molecular weight excluding hydrogens is 499 g/mol. The lowest BCUT2D eigenvalue weighted by Gasteiger charge is -2.17. The summed E-state index contributed by atoms with van der Waals surface area (Å²) in [6, 6.07) is 15.3. The molecule has 0 spiro atoms. The van der Waals surface area contributed by atoms with Crippen molar-refractivity contribution in [3.8, 4) is 22.8 Å². The van der Waals surface area contributed by atoms with Gasteiger partial charge in [-0.25, -0.2) is 9.97 Å². The maximum Gasteiger partial charge on any atom is 0.416 e. The standard InChI is InChI=1S/C28H24F3N3O4/c1-36-23-15-22-21(14-24(23)38-26-3-2-12-37-26)27(33-16-32-22)18-6-10-20(11-7-18)34-25(35)13-17-4-8-19(9-5-17)28(29,30)31/h4-11,14-16,26H,2-3,12-13H2,1H3,(H,34,35)/t26-/m0/s1. The van der Waals surface area contributed by atoms with E-state index in [0.29, 0.717) is 40.6 Å². The van der Waals surface area contributed by atoms with Gasteiger partial charge in [-0.2, -0.15) is 13.2 Å². The van der Waals surface area contributed by atoms with E-state index < -0.39 is 11.7 Å². The van der Waals surface area contributed by atoms with Gasteiger partial charge in [0.25, 0.3) is 0 Å². The molecular formula is C28H24F3N3O4. The van der Waals surface area contributed by atoms with Crippen LogP contribution in [-0.4, -0.2) is 35.9 Å². The first kappa shape index (κ1) is 25.5. The number of nitrogens with one attached hydrogen (secondary N) is 1. The Morgan fingerprint density at radius 3 is 2.47 bits per heavy atom. The molecule has 4 aromatic rings. The quantitative estimate of drug-likeness (QED) is 0.319. The summed E-state index contributed by atoms with van der Waals surface area (Å²) < 4.78 is 55.3. The van der Waals surface area contributed by atoms with Gasteiger partial charge in [0.1, 0.15) is 6.33 Å². The van der Waals surface area contributed by atoms with Gasteiger partial charge in [0.05, 0.1) is 36.9 Å². The third-order valence-corrected chi connectivity index (χ3v) is 6.16. The second-order valence-electron chi connectivity index (χ2n) is 8.80. The number of hydrogen-bond donors (Lipinski definition) is 1. The number of fused-ring (bicyclic) bond motifs is 1. The zero-order valence-electron chi connectivity index (χ0n) is 20.4. The van der Waals surface area contributed by atoms with Gasteiger partial charge in [-0.1, -0.05) is 24.3 Å². The van der Waals surface area contributed by atoms with Gasteiger partial charge in [0.15, 0.2) is 17.8 Å². The fraction of sp³-hybridized carbons (Fsp3) is 0.250. The summed E-state index contributed by atoms with van der Waals surface area (Å²) in [7, 11) is 1.57. The number of methoxy groups -OCH3 is 1. The summed E-state index contributed by atoms with van der Waals surface area (Å²) >= 11 is 0. The van der Waals surface area contributed by atoms with Crippen LogP contribution in [0.2, 0.25) is 0 Å². The molecule has 5 rings (SSSR count). The lowest BCUT2D eigenvalue weighted by atomic mass is 10.1. The van der Waals surface area contributed by atoms with Crippen LogP contribution in [0.25, 0.3) is 22.2 Å². The Bertz CT molecular complexity index is 1440. The third kappa shape index (κ3) is 5.70. The minimum Gasteiger partial charge on any atom is -0.493 e. The smallest absolute Gasteiger partial charge is 0.416 e. The Labute approximate surface area is 216 Å². The van der Waals surface area contributed by atoms with Gasteiger partial charge in [-0.05, 0) is 42.3 Å². The van der Waals surface area contributed by atoms with Crippen LogP contribution in [0.1, 0.15) is 24.0 Å². The molecule has 7 nitrogen and oxygen atoms in total. The molecule has 0 radical (unpaired) electrons. The van der Waals surface area contributed by atoms with Gasteiger partial charge < -0.3 is 19.5 Å². The van der Waals surface area contributed by atoms with Crippen LogP contribution in [0.4, 0.5) is 18.9 Å². The van der Waals surface area contributed by atoms with E-state index in [4.69, 9.17) is 14.2 Å². The number of nitrogens with zero attached hydrogens (tertiary/aromatic N) is 2. The van der Waals surface area contributed by atoms with Crippen molar-refractivity contribution < 1.29 is 32.2 Å². The number of benzene rings is 3. The van der Waals surface area contributed by atoms with Crippen LogP contribution in [0.5, 0.6) is 11.5 Å². The number of carbonyl (C=O) groups excluding carboxylic acids is 1. The summed E-state index contributed by atoms with van der Waals surface area (Å²) in [6.45, 7) is 0.655. The minimum atomic E-state index is -4.41. The molecule has 0 saturated carbocycles. The molecule has 10 heteroatoms. The number of rotatable bonds is 7. The van der Waals surface area contributed by atoms with E-state index in [2.05, 4.69) is 15.3 Å². The molecule has 196 valence electrons. The van der Waals surface area contributed by atoms with Crippen molar-refractivity contribution in [2.45, 2.75) is 31.7 Å². The van der Waals surface area contributed by atoms with E-state index in [1.807, 2.05) is 18.2 Å². The van der Waals surface area contributed by atoms with E-state index in [0.717, 1.165) is 35.9 Å². The first-order valence-corrected chi connectivity index (χ1v) is 12.0. The number of alkyl halides is 3. The molecule has 1 amide bonds. The maximum absolute atomic E-state index is 12.7. The Morgan fingerprint density at radius 1 is 1.05 bits per heavy atom. The zero-order valence-corrected chi connectivity index (χ0v) is 20.4. The van der Waals surface area contributed by atoms with Crippen LogP contribution >= 0.6 is 0 Å². The summed E-state index contributed by atoms with van der Waals surface area (Å²) in [5.74, 6) is 0.742. The number of amides is 1. The van der Waals surface area contributed by atoms with Gasteiger partial charge in [-0.3, -0.25) is 4.79 Å². The molecule has 1 saturated heterocycles. The van der Waals surface area contributed by atoms with Gasteiger partial charge >= 0.3 is 6.18 Å². The van der Waals surface area contributed by atoms with E-state index in [1.54, 1.807) is 25.3 Å². The number of aromatic nitrogens is 2. The molecule has 0 unspecified atom stereocenters. The predicted octanol–water partition coefficient (Wildman–Crippen LogP) is 6.02. The fourth-order valence-electron chi connectivity index (χ4n) is 4.24. The third-order valence-electron chi connectivity index (χ3n) is 6.16. The van der Waals surface area contributed by atoms with Crippen LogP contribution in [-0.2, 0) is 22.1 Å². The second-order valence-corrected chi connectivity index (χ2v) is 8.80. The number of hydrogen-bond acceptors (Lipinski definition) is 6. The van der Waals surface area contributed by atoms with E-state index in [-0.39, 0.29) is 18.6 Å². The largest absolute Gasteiger partial charge is 0.493 e. The van der Waals surface area contributed by atoms with E-state index in [1.165, 1.54) is 18.5 Å². The summed E-state index contributed by atoms with van der Waals surface area (Å²) in [5, 5.41) is 3.54. The van der Waals surface area contributed by atoms with Crippen molar-refractivity contribution in [2.75, 3.05) is 19.0 Å². The molecule has 38 heavy (non-hydrogen) atoms. The maximum atomic E-state index is 12.7. The van der Waals surface area contributed by atoms with Crippen LogP contribution in [0.15, 0.2) is 67.0 Å². The monoisotopic (exact) mass is 523 g/mol. The average molecular weight is 524 g/mol. The normalized spacial score (nSPS) is 15.4. The number of anilines is 1. The van der Waals surface area contributed by atoms with Gasteiger partial charge in [0, 0.05) is 29.1 Å². The molecule has 2 heterocycles. The Morgan fingerprint density at radius 2 is 1.82 bits per heavy atom. The van der Waals surface area contributed by atoms with Crippen molar-refractivity contribution in [3.05, 3.63) is 78.1 Å². The molecule has 1 atom stereocenters. The molecule has 1 aromatic heterocycles. The summed E-state index contributed by atoms with van der Waals surface area (Å²) in [6.07, 6.45) is -1.60. The number of halogens is 3. The average Bonchev–Trinajstić information content (AvgIpc) is 3.41. The second kappa shape index (κ2) is 10.7. The van der Waals surface area contributed by atoms with Crippen LogP contribution in [0, 0.1) is 0 Å². The summed E-state index contributed by atoms with van der Waals surface area (Å²) in [5.41, 5.74) is 2.44. The molecule has 1 fully saturated rings.